The Kier molecular flexibility index (Phi) is 7.01. The second-order valence-electron chi connectivity index (χ2n) is 7.66. The van der Waals surface area contributed by atoms with Crippen LogP contribution in [0.25, 0.3) is 0 Å². The Bertz CT molecular complexity index is 679. The number of likely N-dealkylation sites (tertiary alicyclic amines) is 1. The summed E-state index contributed by atoms with van der Waals surface area (Å²) in [5.41, 5.74) is 0.778. The van der Waals surface area contributed by atoms with E-state index in [9.17, 15) is 14.7 Å². The quantitative estimate of drug-likeness (QED) is 0.807. The fourth-order valence-corrected chi connectivity index (χ4v) is 3.90. The Hall–Kier alpha value is -2.44. The number of phenols is 1. The van der Waals surface area contributed by atoms with Gasteiger partial charge in [0.05, 0.1) is 13.5 Å². The lowest BCUT2D eigenvalue weighted by Gasteiger charge is -2.33. The third-order valence-electron chi connectivity index (χ3n) is 5.55. The van der Waals surface area contributed by atoms with E-state index in [-0.39, 0.29) is 36.3 Å². The molecule has 2 amide bonds. The van der Waals surface area contributed by atoms with Crippen molar-refractivity contribution >= 4 is 12.0 Å². The van der Waals surface area contributed by atoms with Crippen LogP contribution in [0.4, 0.5) is 4.79 Å². The Morgan fingerprint density at radius 1 is 1.14 bits per heavy atom. The summed E-state index contributed by atoms with van der Waals surface area (Å²) >= 11 is 0. The van der Waals surface area contributed by atoms with Gasteiger partial charge in [-0.15, -0.1) is 0 Å². The highest BCUT2D eigenvalue weighted by molar-refractivity contribution is 5.79. The number of methoxy groups -OCH3 is 1. The molecular weight excluding hydrogens is 360 g/mol. The number of amides is 2. The number of carbonyl (C=O) groups excluding carboxylic acids is 2. The van der Waals surface area contributed by atoms with Gasteiger partial charge >= 0.3 is 6.09 Å². The number of hydrogen-bond donors (Lipinski definition) is 2. The summed E-state index contributed by atoms with van der Waals surface area (Å²) in [5, 5.41) is 12.7. The van der Waals surface area contributed by atoms with E-state index in [4.69, 9.17) is 9.47 Å². The van der Waals surface area contributed by atoms with Crippen LogP contribution < -0.4 is 10.1 Å². The highest BCUT2D eigenvalue weighted by Gasteiger charge is 2.27. The lowest BCUT2D eigenvalue weighted by molar-refractivity contribution is -0.121. The first-order chi connectivity index (χ1) is 13.5. The van der Waals surface area contributed by atoms with E-state index in [0.717, 1.165) is 44.1 Å². The van der Waals surface area contributed by atoms with Gasteiger partial charge in [-0.25, -0.2) is 4.79 Å². The molecule has 1 saturated heterocycles. The highest BCUT2D eigenvalue weighted by atomic mass is 16.6. The molecule has 1 saturated carbocycles. The van der Waals surface area contributed by atoms with Gasteiger partial charge in [0.25, 0.3) is 0 Å². The maximum absolute atomic E-state index is 12.3. The number of nitrogens with zero attached hydrogens (tertiary/aromatic N) is 1. The molecule has 0 atom stereocenters. The second-order valence-corrected chi connectivity index (χ2v) is 7.66. The van der Waals surface area contributed by atoms with Crippen LogP contribution in [-0.2, 0) is 16.0 Å². The van der Waals surface area contributed by atoms with Crippen LogP contribution in [0.1, 0.15) is 50.5 Å². The number of phenolic OH excluding ortho intramolecular Hbond substituents is 1. The average molecular weight is 390 g/mol. The maximum Gasteiger partial charge on any atom is 0.410 e. The number of nitrogens with one attached hydrogen (secondary N) is 1. The van der Waals surface area contributed by atoms with Crippen molar-refractivity contribution in [2.75, 3.05) is 20.2 Å². The SMILES string of the molecule is COc1cc(CC(=O)NC2CCN(C(=O)OC3CCCCC3)CC2)ccc1O. The van der Waals surface area contributed by atoms with Crippen molar-refractivity contribution < 1.29 is 24.2 Å². The lowest BCUT2D eigenvalue weighted by Crippen LogP contribution is -2.47. The largest absolute Gasteiger partial charge is 0.504 e. The molecule has 2 aliphatic rings. The first-order valence-electron chi connectivity index (χ1n) is 10.2. The number of hydrogen-bond acceptors (Lipinski definition) is 5. The second kappa shape index (κ2) is 9.66. The van der Waals surface area contributed by atoms with E-state index >= 15 is 0 Å². The van der Waals surface area contributed by atoms with E-state index in [1.165, 1.54) is 19.6 Å². The molecule has 154 valence electrons. The molecule has 1 aliphatic heterocycles. The van der Waals surface area contributed by atoms with Crippen molar-refractivity contribution in [2.24, 2.45) is 0 Å². The number of ether oxygens (including phenoxy) is 2. The van der Waals surface area contributed by atoms with Crippen LogP contribution in [0.2, 0.25) is 0 Å². The zero-order chi connectivity index (χ0) is 19.9. The van der Waals surface area contributed by atoms with Crippen LogP contribution in [0.5, 0.6) is 11.5 Å². The topological polar surface area (TPSA) is 88.1 Å². The zero-order valence-corrected chi connectivity index (χ0v) is 16.5. The van der Waals surface area contributed by atoms with Gasteiger partial charge < -0.3 is 24.8 Å². The standard InChI is InChI=1S/C21H30N2O5/c1-27-19-13-15(7-8-18(19)24)14-20(25)22-16-9-11-23(12-10-16)21(26)28-17-5-3-2-4-6-17/h7-8,13,16-17,24H,2-6,9-12,14H2,1H3,(H,22,25). The van der Waals surface area contributed by atoms with Gasteiger partial charge in [0, 0.05) is 19.1 Å². The predicted molar refractivity (Wildman–Crippen MR) is 104 cm³/mol. The summed E-state index contributed by atoms with van der Waals surface area (Å²) in [7, 11) is 1.48. The molecule has 0 unspecified atom stereocenters. The molecule has 7 nitrogen and oxygen atoms in total. The van der Waals surface area contributed by atoms with Gasteiger partial charge in [-0.05, 0) is 56.2 Å². The maximum atomic E-state index is 12.3. The molecular formula is C21H30N2O5. The molecule has 0 spiro atoms. The van der Waals surface area contributed by atoms with Crippen molar-refractivity contribution in [3.63, 3.8) is 0 Å². The molecule has 2 fully saturated rings. The number of aromatic hydroxyl groups is 1. The van der Waals surface area contributed by atoms with Gasteiger partial charge in [0.1, 0.15) is 6.10 Å². The Labute approximate surface area is 166 Å². The summed E-state index contributed by atoms with van der Waals surface area (Å²) in [6.07, 6.45) is 6.98. The summed E-state index contributed by atoms with van der Waals surface area (Å²) < 4.78 is 10.7. The summed E-state index contributed by atoms with van der Waals surface area (Å²) in [5.74, 6) is 0.338. The molecule has 0 bridgehead atoms. The molecule has 0 radical (unpaired) electrons. The van der Waals surface area contributed by atoms with Gasteiger partial charge in [-0.1, -0.05) is 12.5 Å². The fraction of sp³-hybridized carbons (Fsp3) is 0.619. The van der Waals surface area contributed by atoms with Crippen molar-refractivity contribution in [3.05, 3.63) is 23.8 Å². The molecule has 1 aromatic rings. The highest BCUT2D eigenvalue weighted by Crippen LogP contribution is 2.26. The molecule has 1 aromatic carbocycles. The number of benzene rings is 1. The van der Waals surface area contributed by atoms with E-state index < -0.39 is 0 Å². The lowest BCUT2D eigenvalue weighted by atomic mass is 9.98. The first kappa shape index (κ1) is 20.3. The minimum atomic E-state index is -0.215. The Morgan fingerprint density at radius 3 is 2.54 bits per heavy atom. The van der Waals surface area contributed by atoms with Crippen molar-refractivity contribution in [2.45, 2.75) is 63.5 Å². The van der Waals surface area contributed by atoms with Crippen molar-refractivity contribution in [1.29, 1.82) is 0 Å². The first-order valence-corrected chi connectivity index (χ1v) is 10.2. The monoisotopic (exact) mass is 390 g/mol. The van der Waals surface area contributed by atoms with Crippen molar-refractivity contribution in [1.82, 2.24) is 10.2 Å². The van der Waals surface area contributed by atoms with Gasteiger partial charge in [-0.3, -0.25) is 4.79 Å². The molecule has 1 heterocycles. The summed E-state index contributed by atoms with van der Waals surface area (Å²) in [6, 6.07) is 4.96. The molecule has 3 rings (SSSR count). The number of carbonyl (C=O) groups is 2. The smallest absolute Gasteiger partial charge is 0.410 e. The van der Waals surface area contributed by atoms with Crippen LogP contribution in [-0.4, -0.2) is 54.4 Å². The van der Waals surface area contributed by atoms with Crippen LogP contribution in [0.15, 0.2) is 18.2 Å². The van der Waals surface area contributed by atoms with E-state index in [2.05, 4.69) is 5.32 Å². The predicted octanol–water partition coefficient (Wildman–Crippen LogP) is 2.99. The number of piperidine rings is 1. The Morgan fingerprint density at radius 2 is 1.86 bits per heavy atom. The summed E-state index contributed by atoms with van der Waals surface area (Å²) in [4.78, 5) is 26.4. The molecule has 7 heteroatoms. The van der Waals surface area contributed by atoms with Crippen LogP contribution in [0, 0.1) is 0 Å². The van der Waals surface area contributed by atoms with E-state index in [1.807, 2.05) is 0 Å². The third-order valence-corrected chi connectivity index (χ3v) is 5.55. The Balaban J connectivity index is 1.41. The van der Waals surface area contributed by atoms with E-state index in [0.29, 0.717) is 18.8 Å². The average Bonchev–Trinajstić information content (AvgIpc) is 2.70. The molecule has 28 heavy (non-hydrogen) atoms. The zero-order valence-electron chi connectivity index (χ0n) is 16.5. The fourth-order valence-electron chi connectivity index (χ4n) is 3.90. The van der Waals surface area contributed by atoms with Gasteiger partial charge in [-0.2, -0.15) is 0 Å². The normalized spacial score (nSPS) is 18.5. The van der Waals surface area contributed by atoms with Crippen LogP contribution >= 0.6 is 0 Å². The van der Waals surface area contributed by atoms with E-state index in [1.54, 1.807) is 17.0 Å². The molecule has 2 N–H and O–H groups in total. The summed E-state index contributed by atoms with van der Waals surface area (Å²) in [6.45, 7) is 1.20. The minimum Gasteiger partial charge on any atom is -0.504 e. The third kappa shape index (κ3) is 5.53. The van der Waals surface area contributed by atoms with Crippen LogP contribution in [0.3, 0.4) is 0 Å². The van der Waals surface area contributed by atoms with Gasteiger partial charge in [0.15, 0.2) is 11.5 Å². The number of rotatable bonds is 5. The minimum absolute atomic E-state index is 0.0548. The van der Waals surface area contributed by atoms with Gasteiger partial charge in [0.2, 0.25) is 5.91 Å². The molecule has 1 aliphatic carbocycles. The van der Waals surface area contributed by atoms with Crippen molar-refractivity contribution in [3.8, 4) is 11.5 Å². The molecule has 0 aromatic heterocycles.